The number of carbonyl (C=O) groups is 4. The number of carboxylic acids is 4. The van der Waals surface area contributed by atoms with Crippen LogP contribution in [0, 0.1) is 0 Å². The second kappa shape index (κ2) is 15.6. The molecular formula is C16H25O10Sn. The first-order chi connectivity index (χ1) is 12.3. The number of hydrogen-bond donors (Lipinski definition) is 2. The molecule has 27 heavy (non-hydrogen) atoms. The normalized spacial score (nSPS) is 14.1. The number of aliphatic hydroxyl groups is 2. The summed E-state index contributed by atoms with van der Waals surface area (Å²) >= 11 is 1.68. The zero-order valence-electron chi connectivity index (χ0n) is 15.6. The predicted molar refractivity (Wildman–Crippen MR) is 85.2 cm³/mol. The number of carboxylic acid groups (broad SMARTS) is 4. The maximum absolute atomic E-state index is 10.1. The Morgan fingerprint density at radius 1 is 0.778 bits per heavy atom. The van der Waals surface area contributed by atoms with Crippen molar-refractivity contribution in [1.29, 1.82) is 0 Å². The van der Waals surface area contributed by atoms with Crippen LogP contribution < -0.4 is 20.4 Å². The summed E-state index contributed by atoms with van der Waals surface area (Å²) in [5.74, 6) is -6.80. The first kappa shape index (κ1) is 30.3. The van der Waals surface area contributed by atoms with E-state index in [1.54, 1.807) is 22.5 Å². The van der Waals surface area contributed by atoms with Crippen LogP contribution in [0.25, 0.3) is 0 Å². The van der Waals surface area contributed by atoms with Crippen molar-refractivity contribution in [2.24, 2.45) is 0 Å². The van der Waals surface area contributed by atoms with E-state index in [1.807, 2.05) is 0 Å². The summed E-state index contributed by atoms with van der Waals surface area (Å²) in [6, 6.07) is 0. The molecule has 2 unspecified atom stereocenters. The van der Waals surface area contributed by atoms with Crippen molar-refractivity contribution in [3.63, 3.8) is 0 Å². The molecule has 2 atom stereocenters. The van der Waals surface area contributed by atoms with Crippen LogP contribution in [-0.2, 0) is 19.2 Å². The summed E-state index contributed by atoms with van der Waals surface area (Å²) in [5.41, 5.74) is -4.59. The standard InChI is InChI=1S/2C6H10O5.C4H9.Sn/c2*1-2-6(11,5(9)10)3-4(7)8;1-3-4-2;/h2*11H,2-3H2,1H3,(H,7,8)(H,9,10);1,3-4H2,2H3;/q;;;+4/p-4. The summed E-state index contributed by atoms with van der Waals surface area (Å²) < 4.78 is 1.43. The van der Waals surface area contributed by atoms with E-state index >= 15 is 0 Å². The zero-order valence-corrected chi connectivity index (χ0v) is 18.5. The van der Waals surface area contributed by atoms with E-state index < -0.39 is 47.9 Å². The van der Waals surface area contributed by atoms with Crippen LogP contribution in [0.15, 0.2) is 0 Å². The van der Waals surface area contributed by atoms with Gasteiger partial charge in [0, 0.05) is 24.8 Å². The van der Waals surface area contributed by atoms with Gasteiger partial charge in [0.1, 0.15) is 11.2 Å². The van der Waals surface area contributed by atoms with Crippen LogP contribution in [0.5, 0.6) is 0 Å². The van der Waals surface area contributed by atoms with E-state index in [0.29, 0.717) is 0 Å². The third-order valence-corrected chi connectivity index (χ3v) is 4.34. The van der Waals surface area contributed by atoms with Crippen molar-refractivity contribution in [3.8, 4) is 0 Å². The average molecular weight is 496 g/mol. The second-order valence-corrected chi connectivity index (χ2v) is 6.97. The van der Waals surface area contributed by atoms with Crippen LogP contribution in [0.1, 0.15) is 59.3 Å². The van der Waals surface area contributed by atoms with E-state index in [-0.39, 0.29) is 12.8 Å². The van der Waals surface area contributed by atoms with Crippen molar-refractivity contribution in [1.82, 2.24) is 0 Å². The van der Waals surface area contributed by atoms with Gasteiger partial charge in [-0.2, -0.15) is 0 Å². The minimum atomic E-state index is -2.29. The first-order valence-electron chi connectivity index (χ1n) is 8.18. The molecule has 0 saturated heterocycles. The van der Waals surface area contributed by atoms with E-state index in [9.17, 15) is 39.6 Å². The summed E-state index contributed by atoms with van der Waals surface area (Å²) in [6.07, 6.45) is 0.480. The average Bonchev–Trinajstić information content (AvgIpc) is 2.55. The first-order valence-corrected chi connectivity index (χ1v) is 10.2. The molecule has 0 aromatic carbocycles. The van der Waals surface area contributed by atoms with Crippen LogP contribution in [0.3, 0.4) is 0 Å². The number of aliphatic carboxylic acids is 4. The van der Waals surface area contributed by atoms with Gasteiger partial charge in [-0.1, -0.05) is 13.8 Å². The number of carbonyl (C=O) groups excluding carboxylic acids is 4. The van der Waals surface area contributed by atoms with Crippen LogP contribution in [0.2, 0.25) is 4.44 Å². The monoisotopic (exact) mass is 497 g/mol. The topological polar surface area (TPSA) is 201 Å². The molecule has 0 rings (SSSR count). The summed E-state index contributed by atoms with van der Waals surface area (Å²) in [7, 11) is 0. The fourth-order valence-corrected chi connectivity index (χ4v) is 2.35. The molecule has 153 valence electrons. The fourth-order valence-electron chi connectivity index (χ4n) is 1.34. The van der Waals surface area contributed by atoms with E-state index in [4.69, 9.17) is 10.2 Å². The molecule has 10 nitrogen and oxygen atoms in total. The molecule has 0 saturated carbocycles. The van der Waals surface area contributed by atoms with Gasteiger partial charge in [-0.3, -0.25) is 0 Å². The Labute approximate surface area is 171 Å². The molecule has 0 bridgehead atoms. The third kappa shape index (κ3) is 15.4. The number of unbranched alkanes of at least 4 members (excludes halogenated alkanes) is 1. The van der Waals surface area contributed by atoms with E-state index in [2.05, 4.69) is 6.92 Å². The Balaban J connectivity index is -0.000000344. The van der Waals surface area contributed by atoms with Gasteiger partial charge in [-0.25, -0.2) is 0 Å². The van der Waals surface area contributed by atoms with Gasteiger partial charge < -0.3 is 49.8 Å². The Kier molecular flexibility index (Phi) is 17.6. The van der Waals surface area contributed by atoms with Crippen molar-refractivity contribution in [3.05, 3.63) is 0 Å². The molecule has 0 amide bonds. The fraction of sp³-hybridized carbons (Fsp3) is 0.750. The summed E-state index contributed by atoms with van der Waals surface area (Å²) in [6.45, 7) is 4.92. The molecule has 7 radical (unpaired) electrons. The SMILES string of the molecule is CCC(O)(CC(=O)[O-])C(=O)[O-].CCC(O)(CC(=O)[O-])C(=O)[O-].CCC[CH2][Sn+4]. The molecule has 11 heteroatoms. The van der Waals surface area contributed by atoms with Gasteiger partial charge in [0.25, 0.3) is 0 Å². The predicted octanol–water partition coefficient (Wildman–Crippen LogP) is -4.59. The molecule has 0 aliphatic heterocycles. The van der Waals surface area contributed by atoms with Crippen molar-refractivity contribution in [2.75, 3.05) is 0 Å². The minimum absolute atomic E-state index is 0.219. The van der Waals surface area contributed by atoms with Crippen LogP contribution in [0.4, 0.5) is 0 Å². The molecule has 0 fully saturated rings. The van der Waals surface area contributed by atoms with Gasteiger partial charge in [0.15, 0.2) is 0 Å². The van der Waals surface area contributed by atoms with Crippen molar-refractivity contribution in [2.45, 2.75) is 74.9 Å². The van der Waals surface area contributed by atoms with Gasteiger partial charge in [0.2, 0.25) is 0 Å². The van der Waals surface area contributed by atoms with E-state index in [0.717, 1.165) is 0 Å². The van der Waals surface area contributed by atoms with Gasteiger partial charge in [0.05, 0.1) is 11.9 Å². The molecular weight excluding hydrogens is 471 g/mol. The molecule has 2 N–H and O–H groups in total. The Morgan fingerprint density at radius 3 is 1.11 bits per heavy atom. The summed E-state index contributed by atoms with van der Waals surface area (Å²) in [5, 5.41) is 58.1. The number of rotatable bonds is 10. The Morgan fingerprint density at radius 2 is 1.07 bits per heavy atom. The van der Waals surface area contributed by atoms with E-state index in [1.165, 1.54) is 31.1 Å². The molecule has 0 heterocycles. The third-order valence-electron chi connectivity index (χ3n) is 3.33. The molecule has 0 spiro atoms. The van der Waals surface area contributed by atoms with Crippen molar-refractivity contribution >= 4 is 46.4 Å². The maximum atomic E-state index is 10.1. The number of hydrogen-bond acceptors (Lipinski definition) is 10. The second-order valence-electron chi connectivity index (χ2n) is 5.55. The van der Waals surface area contributed by atoms with Crippen LogP contribution in [-0.4, -0.2) is 67.8 Å². The van der Waals surface area contributed by atoms with Gasteiger partial charge in [-0.05, 0) is 12.8 Å². The molecule has 0 aliphatic rings. The Hall–Kier alpha value is -1.40. The van der Waals surface area contributed by atoms with Gasteiger partial charge in [-0.15, -0.1) is 0 Å². The van der Waals surface area contributed by atoms with Crippen molar-refractivity contribution < 1.29 is 49.8 Å². The molecule has 0 aliphatic carbocycles. The quantitative estimate of drug-likeness (QED) is 0.277. The van der Waals surface area contributed by atoms with Crippen LogP contribution >= 0.6 is 0 Å². The summed E-state index contributed by atoms with van der Waals surface area (Å²) in [4.78, 5) is 40.1. The molecule has 0 aromatic heterocycles. The van der Waals surface area contributed by atoms with Gasteiger partial charge >= 0.3 is 46.7 Å². The zero-order chi connectivity index (χ0) is 22.3. The Bertz CT molecular complexity index is 440. The molecule has 0 aromatic rings.